The third-order valence-corrected chi connectivity index (χ3v) is 4.56. The molecule has 0 radical (unpaired) electrons. The summed E-state index contributed by atoms with van der Waals surface area (Å²) < 4.78 is 6.60. The number of nitrogens with one attached hydrogen (secondary N) is 1. The fourth-order valence-electron chi connectivity index (χ4n) is 1.91. The van der Waals surface area contributed by atoms with Crippen molar-refractivity contribution in [3.8, 4) is 0 Å². The summed E-state index contributed by atoms with van der Waals surface area (Å²) in [5.41, 5.74) is 1.30. The van der Waals surface area contributed by atoms with E-state index < -0.39 is 0 Å². The Labute approximate surface area is 127 Å². The van der Waals surface area contributed by atoms with Gasteiger partial charge in [0.15, 0.2) is 0 Å². The highest BCUT2D eigenvalue weighted by molar-refractivity contribution is 9.10. The molecule has 1 N–H and O–H groups in total. The normalized spacial score (nSPS) is 12.6. The van der Waals surface area contributed by atoms with Gasteiger partial charge in [0, 0.05) is 10.6 Å². The van der Waals surface area contributed by atoms with Crippen molar-refractivity contribution in [2.24, 2.45) is 0 Å². The smallest absolute Gasteiger partial charge is 0.135 e. The molecule has 1 unspecified atom stereocenters. The van der Waals surface area contributed by atoms with Crippen LogP contribution in [0.25, 0.3) is 0 Å². The van der Waals surface area contributed by atoms with Crippen molar-refractivity contribution in [2.75, 3.05) is 12.3 Å². The van der Waals surface area contributed by atoms with Crippen LogP contribution in [-0.4, -0.2) is 12.3 Å². The van der Waals surface area contributed by atoms with E-state index in [2.05, 4.69) is 59.4 Å². The average molecular weight is 340 g/mol. The molecule has 0 amide bonds. The van der Waals surface area contributed by atoms with Crippen LogP contribution >= 0.6 is 27.7 Å². The van der Waals surface area contributed by atoms with Crippen LogP contribution in [0.15, 0.2) is 50.4 Å². The summed E-state index contributed by atoms with van der Waals surface area (Å²) in [5.74, 6) is 1.92. The highest BCUT2D eigenvalue weighted by Crippen LogP contribution is 2.30. The van der Waals surface area contributed by atoms with Crippen LogP contribution in [0.4, 0.5) is 0 Å². The molecule has 0 bridgehead atoms. The van der Waals surface area contributed by atoms with Crippen molar-refractivity contribution < 1.29 is 4.42 Å². The fourth-order valence-corrected chi connectivity index (χ4v) is 3.46. The van der Waals surface area contributed by atoms with Crippen LogP contribution in [0.3, 0.4) is 0 Å². The van der Waals surface area contributed by atoms with Gasteiger partial charge in [-0.05, 0) is 47.6 Å². The third-order valence-electron chi connectivity index (χ3n) is 2.82. The number of halogens is 1. The fraction of sp³-hybridized carbons (Fsp3) is 0.333. The number of rotatable bonds is 6. The van der Waals surface area contributed by atoms with Gasteiger partial charge in [-0.3, -0.25) is 0 Å². The van der Waals surface area contributed by atoms with Gasteiger partial charge < -0.3 is 9.73 Å². The monoisotopic (exact) mass is 339 g/mol. The van der Waals surface area contributed by atoms with Crippen LogP contribution in [-0.2, 0) is 0 Å². The Morgan fingerprint density at radius 3 is 2.84 bits per heavy atom. The van der Waals surface area contributed by atoms with E-state index in [4.69, 9.17) is 4.42 Å². The van der Waals surface area contributed by atoms with Crippen LogP contribution in [0.5, 0.6) is 0 Å². The van der Waals surface area contributed by atoms with E-state index in [9.17, 15) is 0 Å². The molecule has 0 aliphatic heterocycles. The first kappa shape index (κ1) is 14.7. The SMILES string of the molecule is CCNC(CSc1cccc(C)c1)c1occc1Br. The molecule has 102 valence electrons. The van der Waals surface area contributed by atoms with E-state index in [1.807, 2.05) is 17.8 Å². The van der Waals surface area contributed by atoms with Gasteiger partial charge in [0.1, 0.15) is 5.76 Å². The molecule has 4 heteroatoms. The van der Waals surface area contributed by atoms with Gasteiger partial charge in [-0.1, -0.05) is 24.6 Å². The minimum absolute atomic E-state index is 0.222. The van der Waals surface area contributed by atoms with E-state index in [1.165, 1.54) is 10.5 Å². The van der Waals surface area contributed by atoms with Gasteiger partial charge in [0.05, 0.1) is 16.8 Å². The second-order valence-electron chi connectivity index (χ2n) is 4.37. The first-order chi connectivity index (χ1) is 9.20. The quantitative estimate of drug-likeness (QED) is 0.765. The molecule has 0 aliphatic rings. The van der Waals surface area contributed by atoms with Gasteiger partial charge in [0.25, 0.3) is 0 Å². The Morgan fingerprint density at radius 1 is 1.37 bits per heavy atom. The minimum Gasteiger partial charge on any atom is -0.466 e. The Morgan fingerprint density at radius 2 is 2.21 bits per heavy atom. The molecule has 2 rings (SSSR count). The van der Waals surface area contributed by atoms with Gasteiger partial charge in [0.2, 0.25) is 0 Å². The summed E-state index contributed by atoms with van der Waals surface area (Å²) in [5, 5.41) is 3.47. The molecular weight excluding hydrogens is 322 g/mol. The molecule has 0 aliphatic carbocycles. The topological polar surface area (TPSA) is 25.2 Å². The predicted octanol–water partition coefficient (Wildman–Crippen LogP) is 4.79. The van der Waals surface area contributed by atoms with Gasteiger partial charge in [-0.2, -0.15) is 0 Å². The molecular formula is C15H18BrNOS. The van der Waals surface area contributed by atoms with Crippen LogP contribution < -0.4 is 5.32 Å². The highest BCUT2D eigenvalue weighted by atomic mass is 79.9. The zero-order chi connectivity index (χ0) is 13.7. The molecule has 0 saturated heterocycles. The number of furan rings is 1. The van der Waals surface area contributed by atoms with Crippen molar-refractivity contribution in [3.63, 3.8) is 0 Å². The van der Waals surface area contributed by atoms with E-state index in [1.54, 1.807) is 6.26 Å². The second kappa shape index (κ2) is 7.17. The minimum atomic E-state index is 0.222. The Bertz CT molecular complexity index is 526. The molecule has 2 nitrogen and oxygen atoms in total. The maximum absolute atomic E-state index is 5.57. The van der Waals surface area contributed by atoms with E-state index in [-0.39, 0.29) is 6.04 Å². The third kappa shape index (κ3) is 4.13. The standard InChI is InChI=1S/C15H18BrNOS/c1-3-17-14(15-13(16)7-8-18-15)10-19-12-6-4-5-11(2)9-12/h4-9,14,17H,3,10H2,1-2H3. The van der Waals surface area contributed by atoms with E-state index in [0.717, 1.165) is 22.5 Å². The summed E-state index contributed by atoms with van der Waals surface area (Å²) in [6.45, 7) is 5.16. The Kier molecular flexibility index (Phi) is 5.55. The van der Waals surface area contributed by atoms with Gasteiger partial charge in [-0.25, -0.2) is 0 Å². The zero-order valence-electron chi connectivity index (χ0n) is 11.2. The molecule has 1 aromatic carbocycles. The number of aryl methyl sites for hydroxylation is 1. The maximum atomic E-state index is 5.57. The molecule has 1 heterocycles. The van der Waals surface area contributed by atoms with Gasteiger partial charge >= 0.3 is 0 Å². The molecule has 0 fully saturated rings. The van der Waals surface area contributed by atoms with Gasteiger partial charge in [-0.15, -0.1) is 11.8 Å². The van der Waals surface area contributed by atoms with Crippen molar-refractivity contribution in [1.29, 1.82) is 0 Å². The summed E-state index contributed by atoms with van der Waals surface area (Å²) >= 11 is 5.38. The molecule has 0 spiro atoms. The van der Waals surface area contributed by atoms with Crippen LogP contribution in [0, 0.1) is 6.92 Å². The highest BCUT2D eigenvalue weighted by Gasteiger charge is 2.17. The summed E-state index contributed by atoms with van der Waals surface area (Å²) in [6.07, 6.45) is 1.72. The summed E-state index contributed by atoms with van der Waals surface area (Å²) in [6, 6.07) is 10.7. The Balaban J connectivity index is 2.04. The molecule has 1 atom stereocenters. The Hall–Kier alpha value is -0.710. The first-order valence-electron chi connectivity index (χ1n) is 6.36. The molecule has 19 heavy (non-hydrogen) atoms. The average Bonchev–Trinajstić information content (AvgIpc) is 2.81. The first-order valence-corrected chi connectivity index (χ1v) is 8.14. The number of hydrogen-bond donors (Lipinski definition) is 1. The van der Waals surface area contributed by atoms with Crippen molar-refractivity contribution >= 4 is 27.7 Å². The van der Waals surface area contributed by atoms with E-state index >= 15 is 0 Å². The molecule has 0 saturated carbocycles. The van der Waals surface area contributed by atoms with Crippen molar-refractivity contribution in [2.45, 2.75) is 24.8 Å². The summed E-state index contributed by atoms with van der Waals surface area (Å²) in [7, 11) is 0. The van der Waals surface area contributed by atoms with Crippen molar-refractivity contribution in [1.82, 2.24) is 5.32 Å². The van der Waals surface area contributed by atoms with Crippen molar-refractivity contribution in [3.05, 3.63) is 52.4 Å². The number of benzene rings is 1. The maximum Gasteiger partial charge on any atom is 0.135 e. The lowest BCUT2D eigenvalue weighted by molar-refractivity contribution is 0.438. The summed E-state index contributed by atoms with van der Waals surface area (Å²) in [4.78, 5) is 1.30. The largest absolute Gasteiger partial charge is 0.466 e. The van der Waals surface area contributed by atoms with Crippen LogP contribution in [0.1, 0.15) is 24.3 Å². The zero-order valence-corrected chi connectivity index (χ0v) is 13.6. The number of hydrogen-bond acceptors (Lipinski definition) is 3. The lowest BCUT2D eigenvalue weighted by atomic mass is 10.2. The predicted molar refractivity (Wildman–Crippen MR) is 84.7 cm³/mol. The number of thioether (sulfide) groups is 1. The van der Waals surface area contributed by atoms with Crippen LogP contribution in [0.2, 0.25) is 0 Å². The second-order valence-corrected chi connectivity index (χ2v) is 6.32. The molecule has 2 aromatic rings. The van der Waals surface area contributed by atoms with E-state index in [0.29, 0.717) is 0 Å². The molecule has 1 aromatic heterocycles. The lowest BCUT2D eigenvalue weighted by Crippen LogP contribution is -2.22. The lowest BCUT2D eigenvalue weighted by Gasteiger charge is -2.16.